The Bertz CT molecular complexity index is 674. The minimum atomic E-state index is -0.432. The molecule has 3 rings (SSSR count). The van der Waals surface area contributed by atoms with Crippen molar-refractivity contribution < 1.29 is 9.13 Å². The lowest BCUT2D eigenvalue weighted by atomic mass is 10.2. The van der Waals surface area contributed by atoms with E-state index in [4.69, 9.17) is 10.5 Å². The van der Waals surface area contributed by atoms with Crippen molar-refractivity contribution in [1.82, 2.24) is 9.97 Å². The van der Waals surface area contributed by atoms with Crippen LogP contribution in [0.3, 0.4) is 0 Å². The molecule has 0 radical (unpaired) electrons. The molecule has 0 atom stereocenters. The Balaban J connectivity index is 2.07. The fraction of sp³-hybridized carbons (Fsp3) is 0.286. The zero-order valence-corrected chi connectivity index (χ0v) is 13.0. The topological polar surface area (TPSA) is 61.0 Å². The smallest absolute Gasteiger partial charge is 0.165 e. The molecule has 4 nitrogen and oxygen atoms in total. The van der Waals surface area contributed by atoms with Gasteiger partial charge < -0.3 is 10.5 Å². The van der Waals surface area contributed by atoms with E-state index >= 15 is 0 Å². The standard InChI is InChI=1S/C14H13FIN3O/c1-20-10-5-4-8(6-9(10)15)14-18-12(7-2-3-7)11(16)13(17)19-14/h4-7H,2-3H2,1H3,(H2,17,18,19). The summed E-state index contributed by atoms with van der Waals surface area (Å²) >= 11 is 2.17. The van der Waals surface area contributed by atoms with E-state index in [2.05, 4.69) is 32.6 Å². The third-order valence-corrected chi connectivity index (χ3v) is 4.38. The SMILES string of the molecule is COc1ccc(-c2nc(N)c(I)c(C3CC3)n2)cc1F. The molecular formula is C14H13FIN3O. The summed E-state index contributed by atoms with van der Waals surface area (Å²) < 4.78 is 19.6. The van der Waals surface area contributed by atoms with Gasteiger partial charge in [0.25, 0.3) is 0 Å². The Morgan fingerprint density at radius 3 is 2.70 bits per heavy atom. The molecule has 2 aromatic rings. The van der Waals surface area contributed by atoms with Crippen LogP contribution < -0.4 is 10.5 Å². The van der Waals surface area contributed by atoms with E-state index in [9.17, 15) is 4.39 Å². The third-order valence-electron chi connectivity index (χ3n) is 3.28. The summed E-state index contributed by atoms with van der Waals surface area (Å²) in [5, 5.41) is 0. The highest BCUT2D eigenvalue weighted by atomic mass is 127. The number of ether oxygens (including phenoxy) is 1. The molecule has 1 saturated carbocycles. The third kappa shape index (κ3) is 2.44. The molecule has 0 unspecified atom stereocenters. The maximum atomic E-state index is 13.8. The number of hydrogen-bond donors (Lipinski definition) is 1. The summed E-state index contributed by atoms with van der Waals surface area (Å²) in [7, 11) is 1.43. The molecule has 1 aromatic carbocycles. The molecule has 1 aliphatic carbocycles. The van der Waals surface area contributed by atoms with Crippen LogP contribution in [0.15, 0.2) is 18.2 Å². The normalized spacial score (nSPS) is 14.3. The van der Waals surface area contributed by atoms with Gasteiger partial charge in [-0.1, -0.05) is 0 Å². The Labute approximate surface area is 129 Å². The molecule has 1 fully saturated rings. The van der Waals surface area contributed by atoms with Crippen molar-refractivity contribution in [3.63, 3.8) is 0 Å². The highest BCUT2D eigenvalue weighted by molar-refractivity contribution is 14.1. The van der Waals surface area contributed by atoms with Crippen LogP contribution in [0.25, 0.3) is 11.4 Å². The monoisotopic (exact) mass is 385 g/mol. The first-order chi connectivity index (χ1) is 9.60. The minimum Gasteiger partial charge on any atom is -0.494 e. The molecule has 6 heteroatoms. The molecule has 0 bridgehead atoms. The molecule has 0 aliphatic heterocycles. The van der Waals surface area contributed by atoms with Crippen LogP contribution in [-0.4, -0.2) is 17.1 Å². The van der Waals surface area contributed by atoms with Gasteiger partial charge in [0.1, 0.15) is 5.82 Å². The van der Waals surface area contributed by atoms with Gasteiger partial charge in [0.2, 0.25) is 0 Å². The van der Waals surface area contributed by atoms with Crippen molar-refractivity contribution in [2.75, 3.05) is 12.8 Å². The molecule has 1 heterocycles. The van der Waals surface area contributed by atoms with Crippen LogP contribution in [-0.2, 0) is 0 Å². The maximum Gasteiger partial charge on any atom is 0.165 e. The van der Waals surface area contributed by atoms with Gasteiger partial charge >= 0.3 is 0 Å². The maximum absolute atomic E-state index is 13.8. The summed E-state index contributed by atoms with van der Waals surface area (Å²) in [6.45, 7) is 0. The summed E-state index contributed by atoms with van der Waals surface area (Å²) in [6, 6.07) is 4.68. The number of rotatable bonds is 3. The number of benzene rings is 1. The lowest BCUT2D eigenvalue weighted by Crippen LogP contribution is -2.04. The van der Waals surface area contributed by atoms with Gasteiger partial charge in [-0.3, -0.25) is 0 Å². The van der Waals surface area contributed by atoms with Crippen molar-refractivity contribution in [1.29, 1.82) is 0 Å². The van der Waals surface area contributed by atoms with Crippen molar-refractivity contribution in [3.05, 3.63) is 33.3 Å². The number of halogens is 2. The van der Waals surface area contributed by atoms with Crippen molar-refractivity contribution in [2.24, 2.45) is 0 Å². The number of aromatic nitrogens is 2. The second kappa shape index (κ2) is 5.16. The van der Waals surface area contributed by atoms with E-state index in [1.54, 1.807) is 12.1 Å². The zero-order chi connectivity index (χ0) is 14.3. The van der Waals surface area contributed by atoms with E-state index in [0.29, 0.717) is 23.1 Å². The predicted molar refractivity (Wildman–Crippen MR) is 83.1 cm³/mol. The second-order valence-electron chi connectivity index (χ2n) is 4.76. The Morgan fingerprint density at radius 2 is 2.10 bits per heavy atom. The molecule has 20 heavy (non-hydrogen) atoms. The van der Waals surface area contributed by atoms with Crippen molar-refractivity contribution in [3.8, 4) is 17.1 Å². The Morgan fingerprint density at radius 1 is 1.35 bits per heavy atom. The number of methoxy groups -OCH3 is 1. The Hall–Kier alpha value is -1.44. The number of nitrogen functional groups attached to an aromatic ring is 1. The quantitative estimate of drug-likeness (QED) is 0.824. The summed E-state index contributed by atoms with van der Waals surface area (Å²) in [6.07, 6.45) is 2.26. The highest BCUT2D eigenvalue weighted by Crippen LogP contribution is 2.42. The molecule has 1 aromatic heterocycles. The number of nitrogens with zero attached hydrogens (tertiary/aromatic N) is 2. The Kier molecular flexibility index (Phi) is 3.49. The van der Waals surface area contributed by atoms with Crippen LogP contribution >= 0.6 is 22.6 Å². The van der Waals surface area contributed by atoms with Gasteiger partial charge in [0.05, 0.1) is 16.4 Å². The average molecular weight is 385 g/mol. The first-order valence-electron chi connectivity index (χ1n) is 6.27. The highest BCUT2D eigenvalue weighted by Gasteiger charge is 2.29. The molecular weight excluding hydrogens is 372 g/mol. The summed E-state index contributed by atoms with van der Waals surface area (Å²) in [4.78, 5) is 8.82. The van der Waals surface area contributed by atoms with Crippen molar-refractivity contribution >= 4 is 28.4 Å². The van der Waals surface area contributed by atoms with Crippen LogP contribution in [0.4, 0.5) is 10.2 Å². The average Bonchev–Trinajstić information content (AvgIpc) is 3.26. The van der Waals surface area contributed by atoms with Crippen LogP contribution in [0.5, 0.6) is 5.75 Å². The van der Waals surface area contributed by atoms with Gasteiger partial charge in [-0.25, -0.2) is 14.4 Å². The van der Waals surface area contributed by atoms with Gasteiger partial charge in [-0.2, -0.15) is 0 Å². The molecule has 0 amide bonds. The predicted octanol–water partition coefficient (Wildman–Crippen LogP) is 3.36. The first-order valence-corrected chi connectivity index (χ1v) is 7.35. The van der Waals surface area contributed by atoms with E-state index in [1.807, 2.05) is 0 Å². The lowest BCUT2D eigenvalue weighted by Gasteiger charge is -2.09. The van der Waals surface area contributed by atoms with E-state index < -0.39 is 5.82 Å². The molecule has 2 N–H and O–H groups in total. The van der Waals surface area contributed by atoms with Gasteiger partial charge in [-0.05, 0) is 53.6 Å². The van der Waals surface area contributed by atoms with Gasteiger partial charge in [-0.15, -0.1) is 0 Å². The molecule has 0 saturated heterocycles. The molecule has 0 spiro atoms. The molecule has 1 aliphatic rings. The fourth-order valence-electron chi connectivity index (χ4n) is 2.04. The molecule has 104 valence electrons. The summed E-state index contributed by atoms with van der Waals surface area (Å²) in [5.41, 5.74) is 7.52. The van der Waals surface area contributed by atoms with Gasteiger partial charge in [0.15, 0.2) is 17.4 Å². The van der Waals surface area contributed by atoms with E-state index in [0.717, 1.165) is 22.1 Å². The van der Waals surface area contributed by atoms with Crippen LogP contribution in [0.2, 0.25) is 0 Å². The second-order valence-corrected chi connectivity index (χ2v) is 5.83. The van der Waals surface area contributed by atoms with Crippen molar-refractivity contribution in [2.45, 2.75) is 18.8 Å². The van der Waals surface area contributed by atoms with Crippen LogP contribution in [0, 0.1) is 9.39 Å². The first kappa shape index (κ1) is 13.5. The zero-order valence-electron chi connectivity index (χ0n) is 10.9. The summed E-state index contributed by atoms with van der Waals surface area (Å²) in [5.74, 6) is 1.16. The minimum absolute atomic E-state index is 0.203. The fourth-order valence-corrected chi connectivity index (χ4v) is 2.73. The van der Waals surface area contributed by atoms with E-state index in [-0.39, 0.29) is 5.75 Å². The van der Waals surface area contributed by atoms with Gasteiger partial charge in [0, 0.05) is 11.5 Å². The lowest BCUT2D eigenvalue weighted by molar-refractivity contribution is 0.386. The van der Waals surface area contributed by atoms with Crippen LogP contribution in [0.1, 0.15) is 24.5 Å². The number of hydrogen-bond acceptors (Lipinski definition) is 4. The largest absolute Gasteiger partial charge is 0.494 e. The van der Waals surface area contributed by atoms with E-state index in [1.165, 1.54) is 13.2 Å². The number of nitrogens with two attached hydrogens (primary N) is 1. The number of anilines is 1.